The van der Waals surface area contributed by atoms with Gasteiger partial charge in [-0.1, -0.05) is 36.2 Å². The summed E-state index contributed by atoms with van der Waals surface area (Å²) in [5.74, 6) is 1.03. The second-order valence-corrected chi connectivity index (χ2v) is 10.1. The maximum Gasteiger partial charge on any atom is 0.264 e. The molecule has 2 fully saturated rings. The van der Waals surface area contributed by atoms with Crippen molar-refractivity contribution in [2.24, 2.45) is 11.8 Å². The van der Waals surface area contributed by atoms with Gasteiger partial charge >= 0.3 is 0 Å². The zero-order valence-corrected chi connectivity index (χ0v) is 17.2. The molecule has 2 saturated carbocycles. The summed E-state index contributed by atoms with van der Waals surface area (Å²) in [5.41, 5.74) is 0.698. The van der Waals surface area contributed by atoms with Crippen molar-refractivity contribution in [2.75, 3.05) is 11.4 Å². The fourth-order valence-electron chi connectivity index (χ4n) is 4.44. The first kappa shape index (κ1) is 19.3. The van der Waals surface area contributed by atoms with Crippen molar-refractivity contribution in [1.29, 1.82) is 0 Å². The molecule has 0 radical (unpaired) electrons. The first-order chi connectivity index (χ1) is 13.4. The van der Waals surface area contributed by atoms with Gasteiger partial charge in [0.1, 0.15) is 0 Å². The van der Waals surface area contributed by atoms with Gasteiger partial charge in [-0.05, 0) is 61.4 Å². The van der Waals surface area contributed by atoms with E-state index in [1.165, 1.54) is 30.6 Å². The Morgan fingerprint density at radius 3 is 2.50 bits per heavy atom. The number of carbonyl (C=O) groups is 1. The largest absolute Gasteiger partial charge is 0.349 e. The summed E-state index contributed by atoms with van der Waals surface area (Å²) in [4.78, 5) is 13.0. The van der Waals surface area contributed by atoms with E-state index in [4.69, 9.17) is 11.6 Å². The minimum absolute atomic E-state index is 0.191. The van der Waals surface area contributed by atoms with Crippen LogP contribution in [-0.4, -0.2) is 27.4 Å². The highest BCUT2D eigenvalue weighted by Gasteiger charge is 2.40. The Labute approximate surface area is 170 Å². The topological polar surface area (TPSA) is 66.5 Å². The van der Waals surface area contributed by atoms with Gasteiger partial charge in [-0.15, -0.1) is 0 Å². The number of carbonyl (C=O) groups excluding carboxylic acids is 1. The zero-order chi connectivity index (χ0) is 19.9. The second-order valence-electron chi connectivity index (χ2n) is 7.70. The summed E-state index contributed by atoms with van der Waals surface area (Å²) >= 11 is 6.26. The van der Waals surface area contributed by atoms with Crippen LogP contribution >= 0.6 is 11.6 Å². The number of benzene rings is 2. The average molecular weight is 419 g/mol. The number of nitrogens with one attached hydrogen (secondary N) is 1. The number of hydrogen-bond donors (Lipinski definition) is 1. The number of hydrogen-bond acceptors (Lipinski definition) is 3. The average Bonchev–Trinajstić information content (AvgIpc) is 3.31. The highest BCUT2D eigenvalue weighted by atomic mass is 35.5. The third-order valence-electron chi connectivity index (χ3n) is 6.01. The molecule has 0 saturated heterocycles. The molecule has 0 aromatic heterocycles. The van der Waals surface area contributed by atoms with E-state index in [0.717, 1.165) is 12.3 Å². The summed E-state index contributed by atoms with van der Waals surface area (Å²) in [5, 5.41) is 3.43. The third kappa shape index (κ3) is 3.51. The van der Waals surface area contributed by atoms with Crippen LogP contribution in [0.3, 0.4) is 0 Å². The number of halogens is 1. The number of anilines is 1. The van der Waals surface area contributed by atoms with Crippen molar-refractivity contribution >= 4 is 33.2 Å². The van der Waals surface area contributed by atoms with Crippen molar-refractivity contribution in [1.82, 2.24) is 5.32 Å². The Bertz CT molecular complexity index is 994. The Balaban J connectivity index is 1.57. The van der Waals surface area contributed by atoms with E-state index >= 15 is 0 Å². The van der Waals surface area contributed by atoms with Crippen LogP contribution in [0.25, 0.3) is 0 Å². The van der Waals surface area contributed by atoms with Gasteiger partial charge in [0.25, 0.3) is 15.9 Å². The van der Waals surface area contributed by atoms with Crippen molar-refractivity contribution < 1.29 is 13.2 Å². The van der Waals surface area contributed by atoms with Crippen LogP contribution in [0.5, 0.6) is 0 Å². The van der Waals surface area contributed by atoms with Crippen molar-refractivity contribution in [3.63, 3.8) is 0 Å². The zero-order valence-electron chi connectivity index (χ0n) is 15.6. The van der Waals surface area contributed by atoms with Crippen LogP contribution in [0.4, 0.5) is 5.69 Å². The second kappa shape index (κ2) is 7.41. The molecular formula is C21H23ClN2O3S. The molecule has 0 aliphatic heterocycles. The number of rotatable bonds is 5. The standard InChI is InChI=1S/C21H23ClN2O3S/c1-24(28(26,27)17-5-3-2-4-6-17)16-9-10-19(22)18(13-16)21(25)23-20-12-14-7-8-15(20)11-14/h2-6,9-10,13-15,20H,7-8,11-12H2,1H3,(H,23,25)/t14-,15-,20-/m1/s1. The molecule has 28 heavy (non-hydrogen) atoms. The van der Waals surface area contributed by atoms with Crippen LogP contribution in [0, 0.1) is 11.8 Å². The molecule has 5 nitrogen and oxygen atoms in total. The first-order valence-electron chi connectivity index (χ1n) is 9.50. The molecule has 2 aromatic rings. The number of sulfonamides is 1. The molecular weight excluding hydrogens is 396 g/mol. The molecule has 2 aliphatic rings. The summed E-state index contributed by atoms with van der Waals surface area (Å²) in [6.45, 7) is 0. The van der Waals surface area contributed by atoms with Gasteiger partial charge in [0.05, 0.1) is 21.2 Å². The Morgan fingerprint density at radius 2 is 1.86 bits per heavy atom. The van der Waals surface area contributed by atoms with E-state index in [2.05, 4.69) is 5.32 Å². The van der Waals surface area contributed by atoms with Gasteiger partial charge in [0.15, 0.2) is 0 Å². The molecule has 0 heterocycles. The summed E-state index contributed by atoms with van der Waals surface area (Å²) < 4.78 is 26.9. The first-order valence-corrected chi connectivity index (χ1v) is 11.3. The Morgan fingerprint density at radius 1 is 1.11 bits per heavy atom. The Kier molecular flexibility index (Phi) is 5.10. The lowest BCUT2D eigenvalue weighted by molar-refractivity contribution is 0.0923. The van der Waals surface area contributed by atoms with Crippen molar-refractivity contribution in [3.05, 3.63) is 59.1 Å². The van der Waals surface area contributed by atoms with E-state index < -0.39 is 10.0 Å². The molecule has 4 rings (SSSR count). The van der Waals surface area contributed by atoms with Gasteiger partial charge in [0.2, 0.25) is 0 Å². The van der Waals surface area contributed by atoms with E-state index in [9.17, 15) is 13.2 Å². The lowest BCUT2D eigenvalue weighted by Crippen LogP contribution is -2.38. The van der Waals surface area contributed by atoms with E-state index in [1.807, 2.05) is 0 Å². The van der Waals surface area contributed by atoms with Gasteiger partial charge in [-0.3, -0.25) is 9.10 Å². The maximum atomic E-state index is 12.9. The summed E-state index contributed by atoms with van der Waals surface area (Å²) in [6, 6.07) is 13.1. The maximum absolute atomic E-state index is 12.9. The molecule has 1 amide bonds. The van der Waals surface area contributed by atoms with E-state index in [-0.39, 0.29) is 16.8 Å². The molecule has 3 atom stereocenters. The normalized spacial score (nSPS) is 23.6. The number of nitrogens with zero attached hydrogens (tertiary/aromatic N) is 1. The van der Waals surface area contributed by atoms with E-state index in [1.54, 1.807) is 48.5 Å². The fourth-order valence-corrected chi connectivity index (χ4v) is 5.85. The van der Waals surface area contributed by atoms with Gasteiger partial charge in [0, 0.05) is 13.1 Å². The minimum Gasteiger partial charge on any atom is -0.349 e. The lowest BCUT2D eigenvalue weighted by atomic mass is 9.95. The van der Waals surface area contributed by atoms with Crippen LogP contribution in [-0.2, 0) is 10.0 Å². The fraction of sp³-hybridized carbons (Fsp3) is 0.381. The molecule has 148 valence electrons. The number of amides is 1. The van der Waals surface area contributed by atoms with Gasteiger partial charge < -0.3 is 5.32 Å². The molecule has 1 N–H and O–H groups in total. The summed E-state index contributed by atoms with van der Waals surface area (Å²) in [7, 11) is -2.24. The Hall–Kier alpha value is -2.05. The monoisotopic (exact) mass is 418 g/mol. The molecule has 2 aliphatic carbocycles. The summed E-state index contributed by atoms with van der Waals surface area (Å²) in [6.07, 6.45) is 4.64. The predicted octanol–water partition coefficient (Wildman–Crippen LogP) is 4.08. The van der Waals surface area contributed by atoms with Crippen molar-refractivity contribution in [3.8, 4) is 0 Å². The lowest BCUT2D eigenvalue weighted by Gasteiger charge is -2.24. The molecule has 0 unspecified atom stereocenters. The van der Waals surface area contributed by atoms with Crippen LogP contribution in [0.2, 0.25) is 5.02 Å². The molecule has 2 bridgehead atoms. The van der Waals surface area contributed by atoms with Crippen LogP contribution < -0.4 is 9.62 Å². The van der Waals surface area contributed by atoms with Gasteiger partial charge in [-0.25, -0.2) is 8.42 Å². The number of fused-ring (bicyclic) bond motifs is 2. The highest BCUT2D eigenvalue weighted by Crippen LogP contribution is 2.44. The molecule has 0 spiro atoms. The van der Waals surface area contributed by atoms with Gasteiger partial charge in [-0.2, -0.15) is 0 Å². The smallest absolute Gasteiger partial charge is 0.264 e. The molecule has 2 aromatic carbocycles. The van der Waals surface area contributed by atoms with Crippen LogP contribution in [0.1, 0.15) is 36.0 Å². The third-order valence-corrected chi connectivity index (χ3v) is 8.14. The quantitative estimate of drug-likeness (QED) is 0.795. The molecule has 7 heteroatoms. The minimum atomic E-state index is -3.72. The van der Waals surface area contributed by atoms with Crippen LogP contribution in [0.15, 0.2) is 53.4 Å². The highest BCUT2D eigenvalue weighted by molar-refractivity contribution is 7.92. The predicted molar refractivity (Wildman–Crippen MR) is 110 cm³/mol. The SMILES string of the molecule is CN(c1ccc(Cl)c(C(=O)N[C@@H]2C[C@@H]3CC[C@@H]2C3)c1)S(=O)(=O)c1ccccc1. The van der Waals surface area contributed by atoms with E-state index in [0.29, 0.717) is 22.2 Å². The van der Waals surface area contributed by atoms with Crippen molar-refractivity contribution in [2.45, 2.75) is 36.6 Å².